The van der Waals surface area contributed by atoms with E-state index in [-0.39, 0.29) is 5.78 Å². The smallest absolute Gasteiger partial charge is 0.171 e. The fourth-order valence-electron chi connectivity index (χ4n) is 0.870. The van der Waals surface area contributed by atoms with Gasteiger partial charge in [0.1, 0.15) is 0 Å². The van der Waals surface area contributed by atoms with Crippen LogP contribution in [0.3, 0.4) is 0 Å². The molecule has 1 heterocycles. The highest BCUT2D eigenvalue weighted by Gasteiger charge is 2.09. The Morgan fingerprint density at radius 3 is 2.83 bits per heavy atom. The topological polar surface area (TPSA) is 43.1 Å². The Labute approximate surface area is 80.2 Å². The van der Waals surface area contributed by atoms with Gasteiger partial charge in [0.25, 0.3) is 0 Å². The maximum Gasteiger partial charge on any atom is 0.171 e. The number of anilines is 1. The first-order chi connectivity index (χ1) is 5.65. The molecule has 0 aliphatic carbocycles. The van der Waals surface area contributed by atoms with E-state index in [4.69, 9.17) is 5.73 Å². The summed E-state index contributed by atoms with van der Waals surface area (Å²) in [4.78, 5) is 11.7. The van der Waals surface area contributed by atoms with Gasteiger partial charge in [-0.25, -0.2) is 0 Å². The second-order valence-electron chi connectivity index (χ2n) is 2.34. The molecule has 0 saturated carbocycles. The van der Waals surface area contributed by atoms with Gasteiger partial charge < -0.3 is 5.73 Å². The Bertz CT molecular complexity index is 293. The number of hydrogen-bond acceptors (Lipinski definition) is 4. The third kappa shape index (κ3) is 2.01. The minimum atomic E-state index is 0.0560. The molecule has 1 aromatic rings. The van der Waals surface area contributed by atoms with Gasteiger partial charge in [-0.3, -0.25) is 4.79 Å². The van der Waals surface area contributed by atoms with Crippen molar-refractivity contribution in [2.24, 2.45) is 0 Å². The van der Waals surface area contributed by atoms with Crippen molar-refractivity contribution in [3.63, 3.8) is 0 Å². The monoisotopic (exact) mass is 201 g/mol. The zero-order valence-corrected chi connectivity index (χ0v) is 8.72. The van der Waals surface area contributed by atoms with Crippen molar-refractivity contribution in [2.75, 3.05) is 11.5 Å². The molecule has 0 bridgehead atoms. The first kappa shape index (κ1) is 9.61. The van der Waals surface area contributed by atoms with Crippen molar-refractivity contribution in [2.45, 2.75) is 18.1 Å². The van der Waals surface area contributed by atoms with Gasteiger partial charge in [0.15, 0.2) is 5.78 Å². The van der Waals surface area contributed by atoms with Crippen molar-refractivity contribution in [3.8, 4) is 0 Å². The standard InChI is InChI=1S/C8H11NOS2/c1-3-11-7-4-6(9)8(12-7)5(2)10/h4H,3,9H2,1-2H3. The summed E-state index contributed by atoms with van der Waals surface area (Å²) in [6.45, 7) is 3.62. The van der Waals surface area contributed by atoms with Crippen molar-refractivity contribution in [3.05, 3.63) is 10.9 Å². The molecule has 1 rings (SSSR count). The number of Topliss-reactive ketones (excluding diaryl/α,β-unsaturated/α-hetero) is 1. The number of carbonyl (C=O) groups excluding carboxylic acids is 1. The first-order valence-electron chi connectivity index (χ1n) is 3.68. The molecule has 0 fully saturated rings. The summed E-state index contributed by atoms with van der Waals surface area (Å²) in [5, 5.41) is 0. The van der Waals surface area contributed by atoms with Crippen LogP contribution in [0.5, 0.6) is 0 Å². The van der Waals surface area contributed by atoms with Crippen molar-refractivity contribution < 1.29 is 4.79 Å². The van der Waals surface area contributed by atoms with Crippen LogP contribution in [-0.4, -0.2) is 11.5 Å². The highest BCUT2D eigenvalue weighted by Crippen LogP contribution is 2.32. The van der Waals surface area contributed by atoms with Gasteiger partial charge in [-0.15, -0.1) is 23.1 Å². The molecular formula is C8H11NOS2. The van der Waals surface area contributed by atoms with E-state index in [0.29, 0.717) is 10.6 Å². The van der Waals surface area contributed by atoms with E-state index in [1.165, 1.54) is 11.3 Å². The number of thioether (sulfide) groups is 1. The van der Waals surface area contributed by atoms with Crippen molar-refractivity contribution in [1.82, 2.24) is 0 Å². The lowest BCUT2D eigenvalue weighted by molar-refractivity contribution is 0.102. The van der Waals surface area contributed by atoms with Gasteiger partial charge in [0.2, 0.25) is 0 Å². The number of hydrogen-bond donors (Lipinski definition) is 1. The molecule has 0 radical (unpaired) electrons. The predicted molar refractivity (Wildman–Crippen MR) is 55.1 cm³/mol. The minimum absolute atomic E-state index is 0.0560. The normalized spacial score (nSPS) is 10.2. The van der Waals surface area contributed by atoms with Gasteiger partial charge in [-0.1, -0.05) is 6.92 Å². The highest BCUT2D eigenvalue weighted by molar-refractivity contribution is 8.01. The molecule has 1 aromatic heterocycles. The fourth-order valence-corrected chi connectivity index (χ4v) is 2.91. The summed E-state index contributed by atoms with van der Waals surface area (Å²) in [5.41, 5.74) is 6.26. The molecule has 0 aliphatic rings. The average molecular weight is 201 g/mol. The number of rotatable bonds is 3. The molecule has 2 nitrogen and oxygen atoms in total. The molecule has 0 unspecified atom stereocenters. The van der Waals surface area contributed by atoms with Crippen LogP contribution in [0.4, 0.5) is 5.69 Å². The van der Waals surface area contributed by atoms with Crippen LogP contribution in [0.1, 0.15) is 23.5 Å². The quantitative estimate of drug-likeness (QED) is 0.604. The molecule has 66 valence electrons. The van der Waals surface area contributed by atoms with E-state index in [0.717, 1.165) is 9.96 Å². The van der Waals surface area contributed by atoms with E-state index in [2.05, 4.69) is 6.92 Å². The summed E-state index contributed by atoms with van der Waals surface area (Å²) >= 11 is 3.19. The summed E-state index contributed by atoms with van der Waals surface area (Å²) in [5.74, 6) is 1.07. The maximum atomic E-state index is 11.0. The van der Waals surface area contributed by atoms with E-state index in [1.54, 1.807) is 18.7 Å². The van der Waals surface area contributed by atoms with E-state index >= 15 is 0 Å². The van der Waals surface area contributed by atoms with Crippen LogP contribution in [0.2, 0.25) is 0 Å². The van der Waals surface area contributed by atoms with Gasteiger partial charge in [-0.05, 0) is 11.8 Å². The molecular weight excluding hydrogens is 190 g/mol. The Morgan fingerprint density at radius 1 is 1.75 bits per heavy atom. The fraction of sp³-hybridized carbons (Fsp3) is 0.375. The van der Waals surface area contributed by atoms with E-state index in [1.807, 2.05) is 6.07 Å². The number of nitrogens with two attached hydrogens (primary N) is 1. The third-order valence-corrected chi connectivity index (χ3v) is 3.69. The lowest BCUT2D eigenvalue weighted by Gasteiger charge is -1.88. The Kier molecular flexibility index (Phi) is 3.17. The summed E-state index contributed by atoms with van der Waals surface area (Å²) in [6, 6.07) is 1.87. The maximum absolute atomic E-state index is 11.0. The molecule has 2 N–H and O–H groups in total. The van der Waals surface area contributed by atoms with Crippen LogP contribution >= 0.6 is 23.1 Å². The largest absolute Gasteiger partial charge is 0.397 e. The lowest BCUT2D eigenvalue weighted by Crippen LogP contribution is -1.92. The first-order valence-corrected chi connectivity index (χ1v) is 5.48. The van der Waals surface area contributed by atoms with Gasteiger partial charge >= 0.3 is 0 Å². The molecule has 0 aromatic carbocycles. The third-order valence-electron chi connectivity index (χ3n) is 1.34. The second kappa shape index (κ2) is 3.96. The summed E-state index contributed by atoms with van der Waals surface area (Å²) in [7, 11) is 0. The molecule has 0 amide bonds. The van der Waals surface area contributed by atoms with Crippen LogP contribution in [-0.2, 0) is 0 Å². The number of carbonyl (C=O) groups is 1. The van der Waals surface area contributed by atoms with Gasteiger partial charge in [0, 0.05) is 6.92 Å². The molecule has 0 atom stereocenters. The van der Waals surface area contributed by atoms with Crippen molar-refractivity contribution in [1.29, 1.82) is 0 Å². The molecule has 0 spiro atoms. The Hall–Kier alpha value is -0.480. The number of ketones is 1. The molecule has 0 aliphatic heterocycles. The van der Waals surface area contributed by atoms with Crippen molar-refractivity contribution >= 4 is 34.6 Å². The predicted octanol–water partition coefficient (Wildman–Crippen LogP) is 2.64. The highest BCUT2D eigenvalue weighted by atomic mass is 32.2. The van der Waals surface area contributed by atoms with Crippen LogP contribution in [0.25, 0.3) is 0 Å². The SMILES string of the molecule is CCSc1cc(N)c(C(C)=O)s1. The number of nitrogen functional groups attached to an aromatic ring is 1. The minimum Gasteiger partial charge on any atom is -0.397 e. The van der Waals surface area contributed by atoms with E-state index < -0.39 is 0 Å². The van der Waals surface area contributed by atoms with E-state index in [9.17, 15) is 4.79 Å². The van der Waals surface area contributed by atoms with Crippen LogP contribution < -0.4 is 5.73 Å². The second-order valence-corrected chi connectivity index (χ2v) is 4.96. The molecule has 4 heteroatoms. The Morgan fingerprint density at radius 2 is 2.42 bits per heavy atom. The number of thiophene rings is 1. The molecule has 0 saturated heterocycles. The Balaban J connectivity index is 2.92. The lowest BCUT2D eigenvalue weighted by atomic mass is 10.3. The zero-order valence-electron chi connectivity index (χ0n) is 7.09. The summed E-state index contributed by atoms with van der Waals surface area (Å²) < 4.78 is 1.13. The van der Waals surface area contributed by atoms with Gasteiger partial charge in [-0.2, -0.15) is 0 Å². The molecule has 12 heavy (non-hydrogen) atoms. The zero-order chi connectivity index (χ0) is 9.14. The summed E-state index contributed by atoms with van der Waals surface area (Å²) in [6.07, 6.45) is 0. The van der Waals surface area contributed by atoms with Crippen LogP contribution in [0.15, 0.2) is 10.3 Å². The van der Waals surface area contributed by atoms with Crippen LogP contribution in [0, 0.1) is 0 Å². The van der Waals surface area contributed by atoms with Gasteiger partial charge in [0.05, 0.1) is 14.8 Å². The average Bonchev–Trinajstić information content (AvgIpc) is 2.32.